The van der Waals surface area contributed by atoms with Gasteiger partial charge >= 0.3 is 0 Å². The van der Waals surface area contributed by atoms with Crippen molar-refractivity contribution in [2.24, 2.45) is 5.92 Å². The summed E-state index contributed by atoms with van der Waals surface area (Å²) in [5.74, 6) is 0.544. The Morgan fingerprint density at radius 3 is 2.71 bits per heavy atom. The molecule has 1 aromatic carbocycles. The van der Waals surface area contributed by atoms with Crippen LogP contribution < -0.4 is 10.6 Å². The van der Waals surface area contributed by atoms with Gasteiger partial charge in [0, 0.05) is 15.4 Å². The highest BCUT2D eigenvalue weighted by molar-refractivity contribution is 9.11. The Labute approximate surface area is 118 Å². The van der Waals surface area contributed by atoms with Gasteiger partial charge < -0.3 is 10.6 Å². The second-order valence-corrected chi connectivity index (χ2v) is 5.92. The SMILES string of the molecule is O=C(CC1CCNC1)Nc1c(Br)cccc1Br. The third kappa shape index (κ3) is 3.53. The minimum atomic E-state index is 0.0753. The van der Waals surface area contributed by atoms with Gasteiger partial charge in [-0.15, -0.1) is 0 Å². The lowest BCUT2D eigenvalue weighted by Crippen LogP contribution is -2.18. The largest absolute Gasteiger partial charge is 0.324 e. The van der Waals surface area contributed by atoms with Crippen LogP contribution in [0, 0.1) is 5.92 Å². The number of nitrogens with one attached hydrogen (secondary N) is 2. The van der Waals surface area contributed by atoms with Crippen molar-refractivity contribution in [3.05, 3.63) is 27.1 Å². The predicted molar refractivity (Wildman–Crippen MR) is 76.1 cm³/mol. The normalized spacial score (nSPS) is 19.3. The van der Waals surface area contributed by atoms with E-state index in [9.17, 15) is 4.79 Å². The van der Waals surface area contributed by atoms with Gasteiger partial charge in [-0.05, 0) is 69.4 Å². The van der Waals surface area contributed by atoms with E-state index in [2.05, 4.69) is 42.5 Å². The van der Waals surface area contributed by atoms with E-state index < -0.39 is 0 Å². The maximum Gasteiger partial charge on any atom is 0.224 e. The van der Waals surface area contributed by atoms with E-state index in [4.69, 9.17) is 0 Å². The molecule has 0 spiro atoms. The maximum absolute atomic E-state index is 11.9. The summed E-state index contributed by atoms with van der Waals surface area (Å²) in [7, 11) is 0. The molecule has 1 saturated heterocycles. The number of amides is 1. The zero-order valence-electron chi connectivity index (χ0n) is 9.30. The maximum atomic E-state index is 11.9. The number of hydrogen-bond acceptors (Lipinski definition) is 2. The molecule has 1 heterocycles. The summed E-state index contributed by atoms with van der Waals surface area (Å²) in [6, 6.07) is 5.75. The number of hydrogen-bond donors (Lipinski definition) is 2. The van der Waals surface area contributed by atoms with Crippen LogP contribution in [0.2, 0.25) is 0 Å². The van der Waals surface area contributed by atoms with E-state index in [-0.39, 0.29) is 5.91 Å². The minimum absolute atomic E-state index is 0.0753. The van der Waals surface area contributed by atoms with Crippen molar-refractivity contribution in [3.8, 4) is 0 Å². The van der Waals surface area contributed by atoms with Gasteiger partial charge in [-0.3, -0.25) is 4.79 Å². The van der Waals surface area contributed by atoms with Crippen LogP contribution in [0.5, 0.6) is 0 Å². The molecule has 0 bridgehead atoms. The Bertz CT molecular complexity index is 397. The van der Waals surface area contributed by atoms with Crippen LogP contribution in [-0.4, -0.2) is 19.0 Å². The molecule has 3 nitrogen and oxygen atoms in total. The molecular formula is C12H14Br2N2O. The first-order chi connectivity index (χ1) is 8.16. The predicted octanol–water partition coefficient (Wildman–Crippen LogP) is 3.15. The van der Waals surface area contributed by atoms with Crippen molar-refractivity contribution in [1.29, 1.82) is 0 Å². The number of carbonyl (C=O) groups excluding carboxylic acids is 1. The zero-order chi connectivity index (χ0) is 12.3. The number of carbonyl (C=O) groups is 1. The summed E-state index contributed by atoms with van der Waals surface area (Å²) in [4.78, 5) is 11.9. The van der Waals surface area contributed by atoms with E-state index in [1.807, 2.05) is 18.2 Å². The molecule has 5 heteroatoms. The van der Waals surface area contributed by atoms with Gasteiger partial charge in [-0.1, -0.05) is 6.07 Å². The van der Waals surface area contributed by atoms with Crippen LogP contribution in [0.25, 0.3) is 0 Å². The molecule has 1 aliphatic rings. The topological polar surface area (TPSA) is 41.1 Å². The third-order valence-electron chi connectivity index (χ3n) is 2.86. The summed E-state index contributed by atoms with van der Waals surface area (Å²) in [6.45, 7) is 1.97. The molecule has 17 heavy (non-hydrogen) atoms. The summed E-state index contributed by atoms with van der Waals surface area (Å²) < 4.78 is 1.79. The monoisotopic (exact) mass is 360 g/mol. The molecule has 1 unspecified atom stereocenters. The van der Waals surface area contributed by atoms with E-state index in [0.29, 0.717) is 12.3 Å². The number of rotatable bonds is 3. The number of anilines is 1. The lowest BCUT2D eigenvalue weighted by molar-refractivity contribution is -0.116. The average molecular weight is 362 g/mol. The third-order valence-corrected chi connectivity index (χ3v) is 4.19. The van der Waals surface area contributed by atoms with Crippen molar-refractivity contribution in [1.82, 2.24) is 5.32 Å². The van der Waals surface area contributed by atoms with Gasteiger partial charge in [-0.2, -0.15) is 0 Å². The van der Waals surface area contributed by atoms with Crippen LogP contribution >= 0.6 is 31.9 Å². The molecule has 0 aromatic heterocycles. The molecule has 1 aliphatic heterocycles. The van der Waals surface area contributed by atoms with E-state index >= 15 is 0 Å². The molecule has 2 rings (SSSR count). The van der Waals surface area contributed by atoms with Gasteiger partial charge in [0.15, 0.2) is 0 Å². The molecule has 0 radical (unpaired) electrons. The minimum Gasteiger partial charge on any atom is -0.324 e. The summed E-state index contributed by atoms with van der Waals surface area (Å²) in [6.07, 6.45) is 1.67. The van der Waals surface area contributed by atoms with E-state index in [0.717, 1.165) is 34.1 Å². The highest BCUT2D eigenvalue weighted by atomic mass is 79.9. The Morgan fingerprint density at radius 1 is 1.41 bits per heavy atom. The first kappa shape index (κ1) is 13.1. The molecule has 2 N–H and O–H groups in total. The fraction of sp³-hybridized carbons (Fsp3) is 0.417. The zero-order valence-corrected chi connectivity index (χ0v) is 12.5. The summed E-state index contributed by atoms with van der Waals surface area (Å²) in [5, 5.41) is 6.21. The standard InChI is InChI=1S/C12H14Br2N2O/c13-9-2-1-3-10(14)12(9)16-11(17)6-8-4-5-15-7-8/h1-3,8,15H,4-7H2,(H,16,17). The Balaban J connectivity index is 1.97. The smallest absolute Gasteiger partial charge is 0.224 e. The highest BCUT2D eigenvalue weighted by Crippen LogP contribution is 2.30. The van der Waals surface area contributed by atoms with Crippen molar-refractivity contribution >= 4 is 43.5 Å². The molecule has 0 aliphatic carbocycles. The summed E-state index contributed by atoms with van der Waals surface area (Å²) in [5.41, 5.74) is 0.809. The van der Waals surface area contributed by atoms with E-state index in [1.165, 1.54) is 0 Å². The average Bonchev–Trinajstić information content (AvgIpc) is 2.76. The molecule has 0 saturated carbocycles. The van der Waals surface area contributed by atoms with Crippen LogP contribution in [-0.2, 0) is 4.79 Å². The van der Waals surface area contributed by atoms with Gasteiger partial charge in [0.05, 0.1) is 5.69 Å². The quantitative estimate of drug-likeness (QED) is 0.868. The van der Waals surface area contributed by atoms with Crippen LogP contribution in [0.4, 0.5) is 5.69 Å². The van der Waals surface area contributed by atoms with Gasteiger partial charge in [-0.25, -0.2) is 0 Å². The second-order valence-electron chi connectivity index (χ2n) is 4.21. The highest BCUT2D eigenvalue weighted by Gasteiger charge is 2.18. The molecule has 1 fully saturated rings. The lowest BCUT2D eigenvalue weighted by Gasteiger charge is -2.11. The number of para-hydroxylation sites is 1. The van der Waals surface area contributed by atoms with E-state index in [1.54, 1.807) is 0 Å². The Morgan fingerprint density at radius 2 is 2.12 bits per heavy atom. The fourth-order valence-corrected chi connectivity index (χ4v) is 3.16. The lowest BCUT2D eigenvalue weighted by atomic mass is 10.0. The Hall–Kier alpha value is -0.390. The van der Waals surface area contributed by atoms with Crippen molar-refractivity contribution in [2.45, 2.75) is 12.8 Å². The molecule has 1 aromatic rings. The van der Waals surface area contributed by atoms with Crippen molar-refractivity contribution < 1.29 is 4.79 Å². The molecule has 92 valence electrons. The fourth-order valence-electron chi connectivity index (χ4n) is 1.96. The number of benzene rings is 1. The van der Waals surface area contributed by atoms with Gasteiger partial charge in [0.2, 0.25) is 5.91 Å². The van der Waals surface area contributed by atoms with Crippen LogP contribution in [0.1, 0.15) is 12.8 Å². The first-order valence-corrected chi connectivity index (χ1v) is 7.20. The molecule has 1 atom stereocenters. The summed E-state index contributed by atoms with van der Waals surface area (Å²) >= 11 is 6.86. The first-order valence-electron chi connectivity index (χ1n) is 5.61. The second kappa shape index (κ2) is 5.98. The van der Waals surface area contributed by atoms with Gasteiger partial charge in [0.1, 0.15) is 0 Å². The van der Waals surface area contributed by atoms with Crippen LogP contribution in [0.15, 0.2) is 27.1 Å². The Kier molecular flexibility index (Phi) is 4.59. The molecular weight excluding hydrogens is 348 g/mol. The van der Waals surface area contributed by atoms with Crippen molar-refractivity contribution in [3.63, 3.8) is 0 Å². The van der Waals surface area contributed by atoms with Gasteiger partial charge in [0.25, 0.3) is 0 Å². The van der Waals surface area contributed by atoms with Crippen molar-refractivity contribution in [2.75, 3.05) is 18.4 Å². The molecule has 1 amide bonds. The number of halogens is 2. The van der Waals surface area contributed by atoms with Crippen LogP contribution in [0.3, 0.4) is 0 Å².